The van der Waals surface area contributed by atoms with Gasteiger partial charge in [-0.3, -0.25) is 19.6 Å². The Morgan fingerprint density at radius 1 is 0.837 bits per heavy atom. The number of ether oxygens (including phenoxy) is 2. The van der Waals surface area contributed by atoms with E-state index in [9.17, 15) is 38.9 Å². The molecule has 9 N–H and O–H groups in total. The van der Waals surface area contributed by atoms with E-state index in [-0.39, 0.29) is 71.6 Å². The molecule has 4 aromatic rings. The number of phenols is 2. The van der Waals surface area contributed by atoms with Crippen molar-refractivity contribution < 1.29 is 48.4 Å². The summed E-state index contributed by atoms with van der Waals surface area (Å²) in [6, 6.07) is 19.2. The number of anilines is 1. The normalized spacial score (nSPS) is 14.4. The maximum absolute atomic E-state index is 13.3. The first-order chi connectivity index (χ1) is 23.3. The van der Waals surface area contributed by atoms with Crippen LogP contribution in [0.15, 0.2) is 78.9 Å². The lowest BCUT2D eigenvalue weighted by Crippen LogP contribution is -2.32. The third-order valence-corrected chi connectivity index (χ3v) is 9.39. The minimum absolute atomic E-state index is 0.0260. The van der Waals surface area contributed by atoms with Crippen molar-refractivity contribution in [2.24, 2.45) is 5.73 Å². The van der Waals surface area contributed by atoms with Gasteiger partial charge in [-0.1, -0.05) is 30.3 Å². The van der Waals surface area contributed by atoms with Gasteiger partial charge in [0, 0.05) is 52.9 Å². The number of aromatic hydroxyl groups is 2. The molecule has 0 aromatic heterocycles. The Bertz CT molecular complexity index is 2010. The van der Waals surface area contributed by atoms with Gasteiger partial charge in [-0.05, 0) is 54.8 Å². The molecule has 6 rings (SSSR count). The first kappa shape index (κ1) is 33.2. The van der Waals surface area contributed by atoms with E-state index < -0.39 is 30.9 Å². The number of amidine groups is 1. The van der Waals surface area contributed by atoms with Gasteiger partial charge in [0.05, 0.1) is 5.56 Å². The molecule has 49 heavy (non-hydrogen) atoms. The number of amides is 2. The molecule has 2 amide bonds. The van der Waals surface area contributed by atoms with Crippen molar-refractivity contribution in [3.8, 4) is 23.0 Å². The Balaban J connectivity index is 1.10. The smallest absolute Gasteiger partial charge is 0.352 e. The second-order valence-electron chi connectivity index (χ2n) is 11.6. The highest BCUT2D eigenvalue weighted by atomic mass is 31.2. The molecule has 1 spiro atoms. The topological polar surface area (TPSA) is 242 Å². The van der Waals surface area contributed by atoms with Gasteiger partial charge >= 0.3 is 13.6 Å². The van der Waals surface area contributed by atoms with Crippen molar-refractivity contribution in [1.82, 2.24) is 5.32 Å². The monoisotopic (exact) mass is 686 g/mol. The van der Waals surface area contributed by atoms with Crippen molar-refractivity contribution in [1.29, 1.82) is 5.41 Å². The summed E-state index contributed by atoms with van der Waals surface area (Å²) in [5.41, 5.74) is 6.45. The molecule has 0 saturated carbocycles. The summed E-state index contributed by atoms with van der Waals surface area (Å²) in [6.45, 7) is 0. The standard InChI is InChI=1S/C34H31N4O10P/c35-31(36)18-5-7-19(8-6-18)32(49(44,45)46)38-30(42)4-2-1-3-29(41)37-20-9-12-24-23(15-20)33(43)48-34(24)25-13-10-21(39)16-27(25)47-28-17-22(40)11-14-26(28)34/h5-17,32,39-40H,1-4H2,(H3,35,36)(H,37,41)(H,38,42)(H2,44,45,46). The van der Waals surface area contributed by atoms with Crippen molar-refractivity contribution in [2.45, 2.75) is 37.1 Å². The molecular weight excluding hydrogens is 655 g/mol. The Morgan fingerprint density at radius 3 is 1.98 bits per heavy atom. The SMILES string of the molecule is N=C(N)c1ccc(C(NC(=O)CCCCC(=O)Nc2ccc3c(c2)C(=O)OC32c3ccc(O)cc3Oc3cc(O)ccc32)P(=O)(O)O)cc1. The van der Waals surface area contributed by atoms with Gasteiger partial charge in [0.25, 0.3) is 0 Å². The zero-order valence-corrected chi connectivity index (χ0v) is 26.6. The first-order valence-corrected chi connectivity index (χ1v) is 16.8. The van der Waals surface area contributed by atoms with Crippen LogP contribution in [-0.2, 0) is 24.5 Å². The number of esters is 1. The lowest BCUT2D eigenvalue weighted by molar-refractivity contribution is -0.122. The van der Waals surface area contributed by atoms with Crippen LogP contribution < -0.4 is 21.1 Å². The number of phenolic OH excluding ortho intramolecular Hbond substituents is 2. The minimum Gasteiger partial charge on any atom is -0.508 e. The fourth-order valence-electron chi connectivity index (χ4n) is 6.01. The summed E-state index contributed by atoms with van der Waals surface area (Å²) in [7, 11) is -4.78. The van der Waals surface area contributed by atoms with E-state index >= 15 is 0 Å². The van der Waals surface area contributed by atoms with Crippen LogP contribution in [0.5, 0.6) is 23.0 Å². The molecule has 14 nitrogen and oxygen atoms in total. The van der Waals surface area contributed by atoms with E-state index in [0.717, 1.165) is 0 Å². The second-order valence-corrected chi connectivity index (χ2v) is 13.3. The van der Waals surface area contributed by atoms with Crippen LogP contribution in [-0.4, -0.2) is 43.6 Å². The molecule has 0 saturated heterocycles. The maximum Gasteiger partial charge on any atom is 0.352 e. The summed E-state index contributed by atoms with van der Waals surface area (Å²) >= 11 is 0. The number of nitrogen functional groups attached to an aromatic ring is 1. The zero-order valence-electron chi connectivity index (χ0n) is 25.7. The summed E-state index contributed by atoms with van der Waals surface area (Å²) < 4.78 is 24.1. The Hall–Kier alpha value is -5.69. The van der Waals surface area contributed by atoms with Gasteiger partial charge in [-0.2, -0.15) is 0 Å². The summed E-state index contributed by atoms with van der Waals surface area (Å²) in [5, 5.41) is 32.7. The van der Waals surface area contributed by atoms with Crippen LogP contribution in [0.2, 0.25) is 0 Å². The van der Waals surface area contributed by atoms with Crippen LogP contribution >= 0.6 is 7.60 Å². The fraction of sp³-hybridized carbons (Fsp3) is 0.176. The van der Waals surface area contributed by atoms with E-state index in [1.54, 1.807) is 24.3 Å². The van der Waals surface area contributed by atoms with E-state index in [1.165, 1.54) is 54.6 Å². The number of nitrogens with two attached hydrogens (primary N) is 1. The Labute approximate surface area is 279 Å². The van der Waals surface area contributed by atoms with Gasteiger partial charge in [0.2, 0.25) is 11.8 Å². The molecule has 0 fully saturated rings. The van der Waals surface area contributed by atoms with Crippen LogP contribution in [0, 0.1) is 5.41 Å². The Kier molecular flexibility index (Phi) is 8.63. The number of rotatable bonds is 10. The highest BCUT2D eigenvalue weighted by molar-refractivity contribution is 7.52. The molecule has 1 unspecified atom stereocenters. The third-order valence-electron chi connectivity index (χ3n) is 8.29. The molecule has 0 radical (unpaired) electrons. The molecule has 252 valence electrons. The molecular formula is C34H31N4O10P. The largest absolute Gasteiger partial charge is 0.508 e. The lowest BCUT2D eigenvalue weighted by atomic mass is 9.77. The van der Waals surface area contributed by atoms with Crippen molar-refractivity contribution >= 4 is 36.9 Å². The molecule has 1 atom stereocenters. The molecule has 2 aliphatic heterocycles. The minimum atomic E-state index is -4.78. The number of hydrogen-bond donors (Lipinski definition) is 8. The fourth-order valence-corrected chi connectivity index (χ4v) is 6.88. The molecule has 2 aliphatic rings. The summed E-state index contributed by atoms with van der Waals surface area (Å²) in [4.78, 5) is 58.3. The zero-order chi connectivity index (χ0) is 35.1. The van der Waals surface area contributed by atoms with Crippen LogP contribution in [0.4, 0.5) is 5.69 Å². The van der Waals surface area contributed by atoms with Gasteiger partial charge in [0.1, 0.15) is 28.8 Å². The Morgan fingerprint density at radius 2 is 1.41 bits per heavy atom. The summed E-state index contributed by atoms with van der Waals surface area (Å²) in [6.07, 6.45) is 0.473. The highest BCUT2D eigenvalue weighted by Crippen LogP contribution is 2.57. The second kappa shape index (κ2) is 12.7. The van der Waals surface area contributed by atoms with E-state index in [1.807, 2.05) is 0 Å². The van der Waals surface area contributed by atoms with Gasteiger partial charge in [0.15, 0.2) is 11.4 Å². The number of fused-ring (bicyclic) bond motifs is 6. The van der Waals surface area contributed by atoms with E-state index in [2.05, 4.69) is 10.6 Å². The molecule has 2 heterocycles. The van der Waals surface area contributed by atoms with Gasteiger partial charge < -0.3 is 45.8 Å². The number of benzene rings is 4. The quantitative estimate of drug-likeness (QED) is 0.0381. The number of unbranched alkanes of at least 4 members (excludes halogenated alkanes) is 1. The van der Waals surface area contributed by atoms with Gasteiger partial charge in [-0.15, -0.1) is 0 Å². The average Bonchev–Trinajstić information content (AvgIpc) is 3.32. The van der Waals surface area contributed by atoms with Crippen LogP contribution in [0.3, 0.4) is 0 Å². The van der Waals surface area contributed by atoms with Crippen LogP contribution in [0.25, 0.3) is 0 Å². The van der Waals surface area contributed by atoms with Crippen molar-refractivity contribution in [3.05, 3.63) is 112 Å². The predicted octanol–water partition coefficient (Wildman–Crippen LogP) is 4.44. The van der Waals surface area contributed by atoms with Crippen molar-refractivity contribution in [3.63, 3.8) is 0 Å². The van der Waals surface area contributed by atoms with Gasteiger partial charge in [-0.25, -0.2) is 4.79 Å². The molecule has 4 aromatic carbocycles. The number of carbonyl (C=O) groups excluding carboxylic acids is 3. The third kappa shape index (κ3) is 6.44. The average molecular weight is 687 g/mol. The predicted molar refractivity (Wildman–Crippen MR) is 176 cm³/mol. The number of nitrogens with one attached hydrogen (secondary N) is 3. The number of carbonyl (C=O) groups is 3. The molecule has 15 heteroatoms. The summed E-state index contributed by atoms with van der Waals surface area (Å²) in [5.74, 6) is -3.10. The molecule has 0 bridgehead atoms. The van der Waals surface area contributed by atoms with E-state index in [0.29, 0.717) is 27.9 Å². The number of hydrogen-bond acceptors (Lipinski definition) is 9. The lowest BCUT2D eigenvalue weighted by Gasteiger charge is -2.36. The first-order valence-electron chi connectivity index (χ1n) is 15.1. The van der Waals surface area contributed by atoms with E-state index in [4.69, 9.17) is 20.6 Å². The maximum atomic E-state index is 13.3. The van der Waals surface area contributed by atoms with Crippen LogP contribution in [0.1, 0.15) is 69.6 Å². The molecule has 0 aliphatic carbocycles. The highest BCUT2D eigenvalue weighted by Gasteiger charge is 2.53. The van der Waals surface area contributed by atoms with Crippen molar-refractivity contribution in [2.75, 3.05) is 5.32 Å².